The average molecular weight is 301 g/mol. The maximum absolute atomic E-state index is 5.98. The number of rotatable bonds is 7. The summed E-state index contributed by atoms with van der Waals surface area (Å²) in [6.45, 7) is 4.58. The van der Waals surface area contributed by atoms with Crippen molar-refractivity contribution in [3.63, 3.8) is 0 Å². The van der Waals surface area contributed by atoms with E-state index in [9.17, 15) is 0 Å². The molecule has 2 atom stereocenters. The van der Waals surface area contributed by atoms with Crippen LogP contribution < -0.4 is 0 Å². The summed E-state index contributed by atoms with van der Waals surface area (Å²) in [5, 5.41) is 0. The van der Waals surface area contributed by atoms with E-state index in [4.69, 9.17) is 11.6 Å². The van der Waals surface area contributed by atoms with Crippen molar-refractivity contribution >= 4 is 11.6 Å². The summed E-state index contributed by atoms with van der Waals surface area (Å²) in [6.07, 6.45) is 3.58. The Morgan fingerprint density at radius 3 is 2.05 bits per heavy atom. The largest absolute Gasteiger partial charge is 0.122 e. The van der Waals surface area contributed by atoms with Gasteiger partial charge >= 0.3 is 0 Å². The third-order valence-corrected chi connectivity index (χ3v) is 4.71. The van der Waals surface area contributed by atoms with E-state index in [-0.39, 0.29) is 0 Å². The Morgan fingerprint density at radius 2 is 1.43 bits per heavy atom. The van der Waals surface area contributed by atoms with Crippen LogP contribution in [-0.2, 0) is 5.88 Å². The Hall–Kier alpha value is -1.27. The van der Waals surface area contributed by atoms with Crippen LogP contribution >= 0.6 is 11.6 Å². The molecule has 0 saturated carbocycles. The van der Waals surface area contributed by atoms with Gasteiger partial charge in [-0.15, -0.1) is 11.6 Å². The molecule has 0 radical (unpaired) electrons. The maximum Gasteiger partial charge on any atom is 0.0474 e. The molecule has 0 N–H and O–H groups in total. The van der Waals surface area contributed by atoms with E-state index in [1.807, 2.05) is 0 Å². The highest BCUT2D eigenvalue weighted by atomic mass is 35.5. The SMILES string of the molecule is CCC(CC(CC)c1cccc(CCl)c1)c1ccccc1. The molecule has 0 fully saturated rings. The molecule has 21 heavy (non-hydrogen) atoms. The van der Waals surface area contributed by atoms with Gasteiger partial charge in [0.2, 0.25) is 0 Å². The van der Waals surface area contributed by atoms with Gasteiger partial charge in [-0.25, -0.2) is 0 Å². The Bertz CT molecular complexity index is 533. The van der Waals surface area contributed by atoms with Crippen LogP contribution in [0.1, 0.15) is 61.6 Å². The van der Waals surface area contributed by atoms with Crippen LogP contribution in [0.5, 0.6) is 0 Å². The minimum Gasteiger partial charge on any atom is -0.122 e. The van der Waals surface area contributed by atoms with Gasteiger partial charge in [0.25, 0.3) is 0 Å². The third kappa shape index (κ3) is 4.35. The second kappa shape index (κ2) is 8.24. The fourth-order valence-electron chi connectivity index (χ4n) is 3.08. The van der Waals surface area contributed by atoms with Gasteiger partial charge in [0.05, 0.1) is 0 Å². The van der Waals surface area contributed by atoms with Crippen molar-refractivity contribution in [1.82, 2.24) is 0 Å². The van der Waals surface area contributed by atoms with Gasteiger partial charge in [-0.3, -0.25) is 0 Å². The molecule has 0 aliphatic heterocycles. The molecule has 2 aromatic carbocycles. The van der Waals surface area contributed by atoms with Crippen molar-refractivity contribution in [2.45, 2.75) is 50.8 Å². The van der Waals surface area contributed by atoms with Crippen molar-refractivity contribution in [3.05, 3.63) is 71.3 Å². The van der Waals surface area contributed by atoms with Crippen LogP contribution in [0.25, 0.3) is 0 Å². The van der Waals surface area contributed by atoms with Gasteiger partial charge in [-0.1, -0.05) is 68.4 Å². The van der Waals surface area contributed by atoms with E-state index >= 15 is 0 Å². The predicted octanol–water partition coefficient (Wildman–Crippen LogP) is 6.50. The lowest BCUT2D eigenvalue weighted by Crippen LogP contribution is -2.06. The highest BCUT2D eigenvalue weighted by Crippen LogP contribution is 2.34. The molecule has 0 spiro atoms. The Morgan fingerprint density at radius 1 is 0.810 bits per heavy atom. The Balaban J connectivity index is 2.17. The first kappa shape index (κ1) is 16.1. The van der Waals surface area contributed by atoms with Crippen molar-refractivity contribution in [2.75, 3.05) is 0 Å². The topological polar surface area (TPSA) is 0 Å². The van der Waals surface area contributed by atoms with Crippen LogP contribution in [0.2, 0.25) is 0 Å². The number of benzene rings is 2. The fraction of sp³-hybridized carbons (Fsp3) is 0.400. The second-order valence-electron chi connectivity index (χ2n) is 5.74. The monoisotopic (exact) mass is 300 g/mol. The lowest BCUT2D eigenvalue weighted by molar-refractivity contribution is 0.508. The third-order valence-electron chi connectivity index (χ3n) is 4.40. The normalized spacial score (nSPS) is 13.9. The zero-order valence-corrected chi connectivity index (χ0v) is 13.8. The highest BCUT2D eigenvalue weighted by molar-refractivity contribution is 6.17. The fourth-order valence-corrected chi connectivity index (χ4v) is 3.24. The number of hydrogen-bond acceptors (Lipinski definition) is 0. The van der Waals surface area contributed by atoms with E-state index in [0.29, 0.717) is 17.7 Å². The van der Waals surface area contributed by atoms with Gasteiger partial charge in [0.1, 0.15) is 0 Å². The molecule has 112 valence electrons. The van der Waals surface area contributed by atoms with Crippen LogP contribution in [0.4, 0.5) is 0 Å². The number of hydrogen-bond donors (Lipinski definition) is 0. The molecule has 0 saturated heterocycles. The molecular weight excluding hydrogens is 276 g/mol. The molecular formula is C20H25Cl. The average Bonchev–Trinajstić information content (AvgIpc) is 2.57. The summed E-state index contributed by atoms with van der Waals surface area (Å²) < 4.78 is 0. The Labute approximate surface area is 134 Å². The molecule has 0 bridgehead atoms. The Kier molecular flexibility index (Phi) is 6.32. The molecule has 2 rings (SSSR count). The highest BCUT2D eigenvalue weighted by Gasteiger charge is 2.17. The number of alkyl halides is 1. The molecule has 0 aliphatic rings. The molecule has 2 aromatic rings. The van der Waals surface area contributed by atoms with Crippen molar-refractivity contribution in [3.8, 4) is 0 Å². The summed E-state index contributed by atoms with van der Waals surface area (Å²) in [7, 11) is 0. The van der Waals surface area contributed by atoms with E-state index in [2.05, 4.69) is 68.4 Å². The first-order valence-corrected chi connectivity index (χ1v) is 8.51. The van der Waals surface area contributed by atoms with E-state index in [1.165, 1.54) is 36.0 Å². The van der Waals surface area contributed by atoms with Crippen LogP contribution in [0.15, 0.2) is 54.6 Å². The van der Waals surface area contributed by atoms with Gasteiger partial charge < -0.3 is 0 Å². The van der Waals surface area contributed by atoms with Crippen molar-refractivity contribution < 1.29 is 0 Å². The molecule has 2 unspecified atom stereocenters. The van der Waals surface area contributed by atoms with Crippen molar-refractivity contribution in [2.24, 2.45) is 0 Å². The van der Waals surface area contributed by atoms with Gasteiger partial charge in [-0.2, -0.15) is 0 Å². The van der Waals surface area contributed by atoms with Gasteiger partial charge in [0.15, 0.2) is 0 Å². The van der Waals surface area contributed by atoms with Crippen LogP contribution in [-0.4, -0.2) is 0 Å². The van der Waals surface area contributed by atoms with Gasteiger partial charge in [0, 0.05) is 5.88 Å². The van der Waals surface area contributed by atoms with E-state index in [0.717, 1.165) is 0 Å². The summed E-state index contributed by atoms with van der Waals surface area (Å²) in [5.74, 6) is 1.84. The van der Waals surface area contributed by atoms with E-state index in [1.54, 1.807) is 0 Å². The molecule has 1 heteroatoms. The lowest BCUT2D eigenvalue weighted by Gasteiger charge is -2.23. The molecule has 0 aromatic heterocycles. The lowest BCUT2D eigenvalue weighted by atomic mass is 9.82. The van der Waals surface area contributed by atoms with Crippen LogP contribution in [0, 0.1) is 0 Å². The standard InChI is InChI=1S/C20H25Cl/c1-3-17(19-10-6-5-7-11-19)14-18(4-2)20-12-8-9-16(13-20)15-21/h5-13,17-18H,3-4,14-15H2,1-2H3. The summed E-state index contributed by atoms with van der Waals surface area (Å²) in [5.41, 5.74) is 4.12. The first-order chi connectivity index (χ1) is 10.3. The summed E-state index contributed by atoms with van der Waals surface area (Å²) in [4.78, 5) is 0. The molecule has 0 amide bonds. The first-order valence-electron chi connectivity index (χ1n) is 7.98. The van der Waals surface area contributed by atoms with Crippen molar-refractivity contribution in [1.29, 1.82) is 0 Å². The smallest absolute Gasteiger partial charge is 0.0474 e. The zero-order valence-electron chi connectivity index (χ0n) is 13.1. The predicted molar refractivity (Wildman–Crippen MR) is 93.1 cm³/mol. The summed E-state index contributed by atoms with van der Waals surface area (Å²) >= 11 is 5.98. The second-order valence-corrected chi connectivity index (χ2v) is 6.00. The molecule has 0 nitrogen and oxygen atoms in total. The zero-order chi connectivity index (χ0) is 15.1. The van der Waals surface area contributed by atoms with Gasteiger partial charge in [-0.05, 0) is 47.8 Å². The maximum atomic E-state index is 5.98. The summed E-state index contributed by atoms with van der Waals surface area (Å²) in [6, 6.07) is 19.7. The van der Waals surface area contributed by atoms with E-state index < -0.39 is 0 Å². The van der Waals surface area contributed by atoms with Crippen LogP contribution in [0.3, 0.4) is 0 Å². The minimum atomic E-state index is 0.597. The quantitative estimate of drug-likeness (QED) is 0.512. The molecule has 0 aliphatic carbocycles. The molecule has 0 heterocycles. The minimum absolute atomic E-state index is 0.597. The number of halogens is 1.